The van der Waals surface area contributed by atoms with Crippen LogP contribution in [0.2, 0.25) is 10.0 Å². The van der Waals surface area contributed by atoms with E-state index in [1.165, 1.54) is 19.3 Å². The number of fused-ring (bicyclic) bond motifs is 1. The Morgan fingerprint density at radius 2 is 1.75 bits per heavy atom. The molecule has 36 heavy (non-hydrogen) atoms. The summed E-state index contributed by atoms with van der Waals surface area (Å²) >= 11 is 12.1. The zero-order valence-electron chi connectivity index (χ0n) is 20.5. The largest absolute Gasteiger partial charge is 0.490 e. The van der Waals surface area contributed by atoms with E-state index in [-0.39, 0.29) is 18.1 Å². The second kappa shape index (κ2) is 11.8. The van der Waals surface area contributed by atoms with E-state index in [0.29, 0.717) is 15.6 Å². The summed E-state index contributed by atoms with van der Waals surface area (Å²) in [6, 6.07) is 15.4. The van der Waals surface area contributed by atoms with Gasteiger partial charge in [-0.2, -0.15) is 0 Å². The molecule has 1 aliphatic carbocycles. The SMILES string of the molecule is O=C(NC1CCC(CCN2CCC(Oc3ccc(Cl)c(Cl)c3)CC2)CC1)c1ccnc2ccccc12. The number of carbonyl (C=O) groups is 1. The molecular formula is C29H33Cl2N3O2. The van der Waals surface area contributed by atoms with Gasteiger partial charge in [0, 0.05) is 36.8 Å². The highest BCUT2D eigenvalue weighted by Crippen LogP contribution is 2.30. The fourth-order valence-corrected chi connectivity index (χ4v) is 5.80. The molecule has 0 spiro atoms. The first-order valence-electron chi connectivity index (χ1n) is 13.0. The van der Waals surface area contributed by atoms with Gasteiger partial charge in [0.25, 0.3) is 5.91 Å². The number of hydrogen-bond donors (Lipinski definition) is 1. The number of benzene rings is 2. The molecular weight excluding hydrogens is 493 g/mol. The molecule has 0 unspecified atom stereocenters. The van der Waals surface area contributed by atoms with Gasteiger partial charge in [-0.1, -0.05) is 41.4 Å². The number of ether oxygens (including phenoxy) is 1. The van der Waals surface area contributed by atoms with Crippen LogP contribution in [0.25, 0.3) is 10.9 Å². The van der Waals surface area contributed by atoms with Gasteiger partial charge in [0.05, 0.1) is 21.1 Å². The molecule has 2 heterocycles. The lowest BCUT2D eigenvalue weighted by Crippen LogP contribution is -2.40. The zero-order chi connectivity index (χ0) is 24.9. The number of amides is 1. The molecule has 1 amide bonds. The Labute approximate surface area is 223 Å². The molecule has 0 bridgehead atoms. The third-order valence-corrected chi connectivity index (χ3v) is 8.40. The van der Waals surface area contributed by atoms with Crippen LogP contribution in [-0.2, 0) is 0 Å². The molecule has 5 nitrogen and oxygen atoms in total. The summed E-state index contributed by atoms with van der Waals surface area (Å²) in [6.07, 6.45) is 9.71. The maximum absolute atomic E-state index is 12.9. The van der Waals surface area contributed by atoms with Crippen LogP contribution in [-0.4, -0.2) is 47.6 Å². The second-order valence-corrected chi connectivity index (χ2v) is 10.9. The highest BCUT2D eigenvalue weighted by Gasteiger charge is 2.25. The predicted molar refractivity (Wildman–Crippen MR) is 146 cm³/mol. The topological polar surface area (TPSA) is 54.5 Å². The van der Waals surface area contributed by atoms with E-state index in [4.69, 9.17) is 27.9 Å². The Kier molecular flexibility index (Phi) is 8.30. The molecule has 3 aromatic rings. The maximum Gasteiger partial charge on any atom is 0.252 e. The van der Waals surface area contributed by atoms with Gasteiger partial charge in [-0.05, 0) is 81.7 Å². The minimum absolute atomic E-state index is 0.0167. The van der Waals surface area contributed by atoms with Crippen molar-refractivity contribution < 1.29 is 9.53 Å². The van der Waals surface area contributed by atoms with Crippen molar-refractivity contribution in [1.82, 2.24) is 15.2 Å². The standard InChI is InChI=1S/C29H33Cl2N3O2/c30-26-10-9-23(19-27(26)31)36-22-13-17-34(18-14-22)16-12-20-5-7-21(8-6-20)33-29(35)25-11-15-32-28-4-2-1-3-24(25)28/h1-4,9-11,15,19-22H,5-8,12-14,16-18H2,(H,33,35). The van der Waals surface area contributed by atoms with E-state index in [2.05, 4.69) is 15.2 Å². The van der Waals surface area contributed by atoms with Gasteiger partial charge >= 0.3 is 0 Å². The van der Waals surface area contributed by atoms with Gasteiger partial charge < -0.3 is 15.0 Å². The van der Waals surface area contributed by atoms with Crippen LogP contribution in [0.15, 0.2) is 54.7 Å². The number of hydrogen-bond acceptors (Lipinski definition) is 4. The van der Waals surface area contributed by atoms with Crippen LogP contribution in [0.1, 0.15) is 55.3 Å². The minimum atomic E-state index is 0.0167. The quantitative estimate of drug-likeness (QED) is 0.370. The van der Waals surface area contributed by atoms with Crippen LogP contribution in [0.4, 0.5) is 0 Å². The van der Waals surface area contributed by atoms with E-state index in [9.17, 15) is 4.79 Å². The normalized spacial score (nSPS) is 21.4. The number of rotatable bonds is 7. The molecule has 2 aliphatic rings. The van der Waals surface area contributed by atoms with Crippen LogP contribution in [0.5, 0.6) is 5.75 Å². The number of halogens is 2. The molecule has 1 aliphatic heterocycles. The number of likely N-dealkylation sites (tertiary alicyclic amines) is 1. The summed E-state index contributed by atoms with van der Waals surface area (Å²) in [6.45, 7) is 3.28. The summed E-state index contributed by atoms with van der Waals surface area (Å²) in [5, 5.41) is 5.28. The summed E-state index contributed by atoms with van der Waals surface area (Å²) in [7, 11) is 0. The summed E-state index contributed by atoms with van der Waals surface area (Å²) in [5.41, 5.74) is 1.58. The summed E-state index contributed by atoms with van der Waals surface area (Å²) in [5.74, 6) is 1.55. The average molecular weight is 527 g/mol. The van der Waals surface area contributed by atoms with Crippen molar-refractivity contribution >= 4 is 40.0 Å². The van der Waals surface area contributed by atoms with Gasteiger partial charge in [-0.15, -0.1) is 0 Å². The zero-order valence-corrected chi connectivity index (χ0v) is 22.0. The fourth-order valence-electron chi connectivity index (χ4n) is 5.51. The Morgan fingerprint density at radius 1 is 0.972 bits per heavy atom. The van der Waals surface area contributed by atoms with Crippen molar-refractivity contribution in [1.29, 1.82) is 0 Å². The Balaban J connectivity index is 1.02. The fraction of sp³-hybridized carbons (Fsp3) is 0.448. The predicted octanol–water partition coefficient (Wildman–Crippen LogP) is 6.76. The van der Waals surface area contributed by atoms with Gasteiger partial charge in [-0.25, -0.2) is 0 Å². The minimum Gasteiger partial charge on any atom is -0.490 e. The van der Waals surface area contributed by atoms with E-state index in [0.717, 1.165) is 67.9 Å². The molecule has 2 fully saturated rings. The Morgan fingerprint density at radius 3 is 2.53 bits per heavy atom. The lowest BCUT2D eigenvalue weighted by Gasteiger charge is -2.34. The molecule has 2 aromatic carbocycles. The van der Waals surface area contributed by atoms with Crippen LogP contribution in [0.3, 0.4) is 0 Å². The number of pyridine rings is 1. The number of nitrogens with one attached hydrogen (secondary N) is 1. The number of nitrogens with zero attached hydrogens (tertiary/aromatic N) is 2. The number of piperidine rings is 1. The van der Waals surface area contributed by atoms with Gasteiger partial charge in [0.2, 0.25) is 0 Å². The molecule has 1 aromatic heterocycles. The van der Waals surface area contributed by atoms with Gasteiger partial charge in [0.15, 0.2) is 0 Å². The third kappa shape index (κ3) is 6.31. The van der Waals surface area contributed by atoms with Crippen molar-refractivity contribution in [3.63, 3.8) is 0 Å². The van der Waals surface area contributed by atoms with E-state index in [1.807, 2.05) is 36.4 Å². The third-order valence-electron chi connectivity index (χ3n) is 7.66. The van der Waals surface area contributed by atoms with Crippen molar-refractivity contribution in [2.24, 2.45) is 5.92 Å². The van der Waals surface area contributed by atoms with Crippen molar-refractivity contribution in [2.45, 2.75) is 57.1 Å². The summed E-state index contributed by atoms with van der Waals surface area (Å²) in [4.78, 5) is 19.9. The van der Waals surface area contributed by atoms with Crippen LogP contribution >= 0.6 is 23.2 Å². The molecule has 190 valence electrons. The average Bonchev–Trinajstić information content (AvgIpc) is 2.91. The highest BCUT2D eigenvalue weighted by molar-refractivity contribution is 6.42. The first kappa shape index (κ1) is 25.3. The molecule has 0 radical (unpaired) electrons. The first-order valence-corrected chi connectivity index (χ1v) is 13.8. The van der Waals surface area contributed by atoms with E-state index in [1.54, 1.807) is 18.3 Å². The smallest absolute Gasteiger partial charge is 0.252 e. The molecule has 1 N–H and O–H groups in total. The van der Waals surface area contributed by atoms with E-state index >= 15 is 0 Å². The molecule has 1 saturated carbocycles. The van der Waals surface area contributed by atoms with Crippen LogP contribution in [0, 0.1) is 5.92 Å². The van der Waals surface area contributed by atoms with E-state index < -0.39 is 0 Å². The molecule has 5 rings (SSSR count). The molecule has 7 heteroatoms. The van der Waals surface area contributed by atoms with Gasteiger partial charge in [-0.3, -0.25) is 9.78 Å². The van der Waals surface area contributed by atoms with Crippen molar-refractivity contribution in [3.05, 3.63) is 70.3 Å². The van der Waals surface area contributed by atoms with Gasteiger partial charge in [0.1, 0.15) is 11.9 Å². The Bertz CT molecular complexity index is 1180. The second-order valence-electron chi connectivity index (χ2n) is 10.1. The molecule has 0 atom stereocenters. The first-order chi connectivity index (χ1) is 17.5. The van der Waals surface area contributed by atoms with Crippen molar-refractivity contribution in [2.75, 3.05) is 19.6 Å². The Hall–Kier alpha value is -2.34. The van der Waals surface area contributed by atoms with Crippen LogP contribution < -0.4 is 10.1 Å². The monoisotopic (exact) mass is 525 g/mol. The summed E-state index contributed by atoms with van der Waals surface area (Å²) < 4.78 is 6.13. The number of para-hydroxylation sites is 1. The highest BCUT2D eigenvalue weighted by atomic mass is 35.5. The van der Waals surface area contributed by atoms with Crippen molar-refractivity contribution in [3.8, 4) is 5.75 Å². The lowest BCUT2D eigenvalue weighted by molar-refractivity contribution is 0.0898. The number of aromatic nitrogens is 1. The molecule has 1 saturated heterocycles. The number of carbonyl (C=O) groups excluding carboxylic acids is 1. The lowest BCUT2D eigenvalue weighted by atomic mass is 9.83. The maximum atomic E-state index is 12.9.